The Balaban J connectivity index is 2.41. The molecule has 0 atom stereocenters. The van der Waals surface area contributed by atoms with E-state index >= 15 is 0 Å². The Morgan fingerprint density at radius 1 is 1.12 bits per heavy atom. The molecular formula is C17H18F2N2O4S. The van der Waals surface area contributed by atoms with Gasteiger partial charge in [0, 0.05) is 12.1 Å². The van der Waals surface area contributed by atoms with Gasteiger partial charge in [0.05, 0.1) is 23.3 Å². The van der Waals surface area contributed by atoms with E-state index in [2.05, 4.69) is 5.32 Å². The van der Waals surface area contributed by atoms with Crippen LogP contribution in [0.2, 0.25) is 0 Å². The summed E-state index contributed by atoms with van der Waals surface area (Å²) in [6.45, 7) is 3.51. The number of carbonyl (C=O) groups is 1. The third kappa shape index (κ3) is 4.48. The molecule has 0 aliphatic heterocycles. The molecule has 140 valence electrons. The summed E-state index contributed by atoms with van der Waals surface area (Å²) in [7, 11) is -2.86. The second kappa shape index (κ2) is 7.69. The standard InChI is InChI=1S/C17H18F2N2O4S/c1-10(2)20-17(22)13-9-12(5-7-16(13)25-3)26(23,24)21-15-6-4-11(18)8-14(15)19/h4-10,21H,1-3H3,(H,20,22). The van der Waals surface area contributed by atoms with Gasteiger partial charge in [-0.25, -0.2) is 17.2 Å². The molecule has 2 aromatic rings. The molecule has 0 bridgehead atoms. The average molecular weight is 384 g/mol. The lowest BCUT2D eigenvalue weighted by Gasteiger charge is -2.14. The summed E-state index contributed by atoms with van der Waals surface area (Å²) in [5.74, 6) is -2.21. The van der Waals surface area contributed by atoms with E-state index < -0.39 is 33.3 Å². The van der Waals surface area contributed by atoms with Crippen LogP contribution >= 0.6 is 0 Å². The number of halogens is 2. The largest absolute Gasteiger partial charge is 0.496 e. The van der Waals surface area contributed by atoms with E-state index in [-0.39, 0.29) is 22.3 Å². The lowest BCUT2D eigenvalue weighted by molar-refractivity contribution is 0.0940. The summed E-state index contributed by atoms with van der Waals surface area (Å²) in [5.41, 5.74) is -0.390. The van der Waals surface area contributed by atoms with Crippen molar-refractivity contribution in [1.29, 1.82) is 0 Å². The van der Waals surface area contributed by atoms with Crippen LogP contribution in [0, 0.1) is 11.6 Å². The number of hydrogen-bond acceptors (Lipinski definition) is 4. The summed E-state index contributed by atoms with van der Waals surface area (Å²) >= 11 is 0. The van der Waals surface area contributed by atoms with Crippen LogP contribution in [-0.4, -0.2) is 27.5 Å². The zero-order valence-electron chi connectivity index (χ0n) is 14.3. The van der Waals surface area contributed by atoms with Gasteiger partial charge in [-0.15, -0.1) is 0 Å². The molecule has 9 heteroatoms. The van der Waals surface area contributed by atoms with E-state index in [1.165, 1.54) is 19.2 Å². The molecule has 6 nitrogen and oxygen atoms in total. The van der Waals surface area contributed by atoms with E-state index in [0.717, 1.165) is 18.2 Å². The highest BCUT2D eigenvalue weighted by Gasteiger charge is 2.21. The summed E-state index contributed by atoms with van der Waals surface area (Å²) in [6.07, 6.45) is 0. The van der Waals surface area contributed by atoms with Crippen LogP contribution in [0.5, 0.6) is 5.75 Å². The molecule has 0 aliphatic rings. The molecular weight excluding hydrogens is 366 g/mol. The predicted molar refractivity (Wildman–Crippen MR) is 92.8 cm³/mol. The highest BCUT2D eigenvalue weighted by Crippen LogP contribution is 2.25. The maximum Gasteiger partial charge on any atom is 0.262 e. The fraction of sp³-hybridized carbons (Fsp3) is 0.235. The van der Waals surface area contributed by atoms with Crippen molar-refractivity contribution in [1.82, 2.24) is 5.32 Å². The number of anilines is 1. The molecule has 0 radical (unpaired) electrons. The van der Waals surface area contributed by atoms with Crippen LogP contribution in [0.1, 0.15) is 24.2 Å². The number of sulfonamides is 1. The van der Waals surface area contributed by atoms with Crippen LogP contribution in [0.25, 0.3) is 0 Å². The van der Waals surface area contributed by atoms with Crippen molar-refractivity contribution in [2.24, 2.45) is 0 Å². The first-order valence-electron chi connectivity index (χ1n) is 7.61. The normalized spacial score (nSPS) is 11.3. The van der Waals surface area contributed by atoms with E-state index in [9.17, 15) is 22.0 Å². The Bertz CT molecular complexity index is 930. The second-order valence-electron chi connectivity index (χ2n) is 5.72. The number of ether oxygens (including phenoxy) is 1. The molecule has 0 aromatic heterocycles. The first-order chi connectivity index (χ1) is 12.1. The average Bonchev–Trinajstić information content (AvgIpc) is 2.56. The van der Waals surface area contributed by atoms with Gasteiger partial charge in [-0.3, -0.25) is 9.52 Å². The minimum Gasteiger partial charge on any atom is -0.496 e. The van der Waals surface area contributed by atoms with Crippen molar-refractivity contribution >= 4 is 21.6 Å². The molecule has 0 aliphatic carbocycles. The third-order valence-electron chi connectivity index (χ3n) is 3.32. The number of nitrogens with one attached hydrogen (secondary N) is 2. The highest BCUT2D eigenvalue weighted by molar-refractivity contribution is 7.92. The van der Waals surface area contributed by atoms with Crippen LogP contribution in [0.15, 0.2) is 41.3 Å². The smallest absolute Gasteiger partial charge is 0.262 e. The van der Waals surface area contributed by atoms with Gasteiger partial charge in [0.1, 0.15) is 17.4 Å². The van der Waals surface area contributed by atoms with Crippen LogP contribution in [-0.2, 0) is 10.0 Å². The maximum absolute atomic E-state index is 13.7. The van der Waals surface area contributed by atoms with Crippen molar-refractivity contribution < 1.29 is 26.7 Å². The zero-order chi connectivity index (χ0) is 19.5. The molecule has 2 rings (SSSR count). The Hall–Kier alpha value is -2.68. The molecule has 2 N–H and O–H groups in total. The molecule has 0 saturated carbocycles. The molecule has 1 amide bonds. The van der Waals surface area contributed by atoms with Gasteiger partial charge >= 0.3 is 0 Å². The molecule has 0 saturated heterocycles. The maximum atomic E-state index is 13.7. The van der Waals surface area contributed by atoms with E-state index in [1.807, 2.05) is 4.72 Å². The highest BCUT2D eigenvalue weighted by atomic mass is 32.2. The Morgan fingerprint density at radius 3 is 2.38 bits per heavy atom. The lowest BCUT2D eigenvalue weighted by atomic mass is 10.2. The second-order valence-corrected chi connectivity index (χ2v) is 7.40. The molecule has 0 spiro atoms. The van der Waals surface area contributed by atoms with Crippen LogP contribution in [0.3, 0.4) is 0 Å². The Labute approximate surface area is 150 Å². The molecule has 0 unspecified atom stereocenters. The van der Waals surface area contributed by atoms with E-state index in [1.54, 1.807) is 13.8 Å². The SMILES string of the molecule is COc1ccc(S(=O)(=O)Nc2ccc(F)cc2F)cc1C(=O)NC(C)C. The molecule has 0 heterocycles. The number of methoxy groups -OCH3 is 1. The first-order valence-corrected chi connectivity index (χ1v) is 9.09. The monoisotopic (exact) mass is 384 g/mol. The number of amides is 1. The molecule has 0 fully saturated rings. The van der Waals surface area contributed by atoms with Crippen LogP contribution < -0.4 is 14.8 Å². The van der Waals surface area contributed by atoms with E-state index in [0.29, 0.717) is 6.07 Å². The summed E-state index contributed by atoms with van der Waals surface area (Å²) in [5, 5.41) is 2.64. The van der Waals surface area contributed by atoms with Gasteiger partial charge in [-0.2, -0.15) is 0 Å². The third-order valence-corrected chi connectivity index (χ3v) is 4.68. The predicted octanol–water partition coefficient (Wildman–Crippen LogP) is 2.91. The molecule has 2 aromatic carbocycles. The Morgan fingerprint density at radius 2 is 1.81 bits per heavy atom. The van der Waals surface area contributed by atoms with Gasteiger partial charge in [0.2, 0.25) is 0 Å². The zero-order valence-corrected chi connectivity index (χ0v) is 15.2. The van der Waals surface area contributed by atoms with Gasteiger partial charge in [0.25, 0.3) is 15.9 Å². The number of benzene rings is 2. The van der Waals surface area contributed by atoms with Gasteiger partial charge in [-0.05, 0) is 44.2 Å². The first kappa shape index (κ1) is 19.6. The minimum atomic E-state index is -4.21. The van der Waals surface area contributed by atoms with Crippen molar-refractivity contribution in [2.75, 3.05) is 11.8 Å². The van der Waals surface area contributed by atoms with Crippen molar-refractivity contribution in [2.45, 2.75) is 24.8 Å². The quantitative estimate of drug-likeness (QED) is 0.802. The van der Waals surface area contributed by atoms with Gasteiger partial charge in [0.15, 0.2) is 0 Å². The fourth-order valence-corrected chi connectivity index (χ4v) is 3.24. The number of rotatable bonds is 6. The van der Waals surface area contributed by atoms with Crippen molar-refractivity contribution in [3.05, 3.63) is 53.6 Å². The minimum absolute atomic E-state index is 0.0173. The number of carbonyl (C=O) groups excluding carboxylic acids is 1. The Kier molecular flexibility index (Phi) is 5.81. The molecule has 26 heavy (non-hydrogen) atoms. The van der Waals surface area contributed by atoms with Crippen molar-refractivity contribution in [3.8, 4) is 5.75 Å². The summed E-state index contributed by atoms with van der Waals surface area (Å²) in [4.78, 5) is 12.0. The van der Waals surface area contributed by atoms with Gasteiger partial charge < -0.3 is 10.1 Å². The topological polar surface area (TPSA) is 84.5 Å². The van der Waals surface area contributed by atoms with Crippen LogP contribution in [0.4, 0.5) is 14.5 Å². The van der Waals surface area contributed by atoms with Crippen molar-refractivity contribution in [3.63, 3.8) is 0 Å². The number of hydrogen-bond donors (Lipinski definition) is 2. The van der Waals surface area contributed by atoms with Gasteiger partial charge in [-0.1, -0.05) is 0 Å². The van der Waals surface area contributed by atoms with E-state index in [4.69, 9.17) is 4.74 Å². The fourth-order valence-electron chi connectivity index (χ4n) is 2.15. The lowest BCUT2D eigenvalue weighted by Crippen LogP contribution is -2.30. The summed E-state index contributed by atoms with van der Waals surface area (Å²) in [6, 6.07) is 5.96. The summed E-state index contributed by atoms with van der Waals surface area (Å²) < 4.78 is 58.8.